The first-order valence-corrected chi connectivity index (χ1v) is 10.1. The number of anilines is 1. The average Bonchev–Trinajstić information content (AvgIpc) is 2.75. The third-order valence-corrected chi connectivity index (χ3v) is 5.35. The van der Waals surface area contributed by atoms with Gasteiger partial charge in [0.2, 0.25) is 0 Å². The summed E-state index contributed by atoms with van der Waals surface area (Å²) >= 11 is 0. The first-order valence-electron chi connectivity index (χ1n) is 10.1. The van der Waals surface area contributed by atoms with Crippen LogP contribution in [0.2, 0.25) is 0 Å². The highest BCUT2D eigenvalue weighted by Crippen LogP contribution is 2.35. The van der Waals surface area contributed by atoms with E-state index >= 15 is 0 Å². The minimum atomic E-state index is -0.0942. The van der Waals surface area contributed by atoms with Crippen LogP contribution in [0.25, 0.3) is 0 Å². The van der Waals surface area contributed by atoms with Gasteiger partial charge in [-0.1, -0.05) is 54.1 Å². The lowest BCUT2D eigenvalue weighted by Gasteiger charge is -2.37. The largest absolute Gasteiger partial charge is 0.494 e. The molecule has 148 valence electrons. The van der Waals surface area contributed by atoms with E-state index in [0.717, 1.165) is 23.4 Å². The molecule has 1 N–H and O–H groups in total. The quantitative estimate of drug-likeness (QED) is 0.636. The Morgan fingerprint density at radius 2 is 1.76 bits per heavy atom. The van der Waals surface area contributed by atoms with Crippen LogP contribution < -0.4 is 10.1 Å². The van der Waals surface area contributed by atoms with E-state index in [1.54, 1.807) is 0 Å². The smallest absolute Gasteiger partial charge is 0.322 e. The van der Waals surface area contributed by atoms with Crippen LogP contribution in [0.4, 0.5) is 10.5 Å². The number of hydrogen-bond acceptors (Lipinski definition) is 2. The zero-order valence-corrected chi connectivity index (χ0v) is 16.9. The number of benzene rings is 3. The Morgan fingerprint density at radius 3 is 2.48 bits per heavy atom. The standard InChI is InChI=1S/C25H26N2O2/c1-3-29-22-14-12-21(13-15-22)26-25(28)27-17-16-19-6-4-5-7-23(19)24(27)20-10-8-18(2)9-11-20/h4-15,24H,3,16-17H2,1-2H3,(H,26,28)/t24-/m1/s1. The third kappa shape index (κ3) is 4.11. The Balaban J connectivity index is 1.62. The van der Waals surface area contributed by atoms with Gasteiger partial charge in [0.25, 0.3) is 0 Å². The van der Waals surface area contributed by atoms with Crippen LogP contribution in [0.15, 0.2) is 72.8 Å². The number of aryl methyl sites for hydroxylation is 1. The number of nitrogens with zero attached hydrogens (tertiary/aromatic N) is 1. The molecule has 0 fully saturated rings. The van der Waals surface area contributed by atoms with Crippen LogP contribution in [0.5, 0.6) is 5.75 Å². The van der Waals surface area contributed by atoms with Crippen molar-refractivity contribution in [3.05, 3.63) is 95.1 Å². The molecule has 3 aromatic carbocycles. The van der Waals surface area contributed by atoms with Crippen LogP contribution in [0.3, 0.4) is 0 Å². The third-order valence-electron chi connectivity index (χ3n) is 5.35. The van der Waals surface area contributed by atoms with Crippen molar-refractivity contribution in [2.45, 2.75) is 26.3 Å². The maximum Gasteiger partial charge on any atom is 0.322 e. The van der Waals surface area contributed by atoms with Gasteiger partial charge in [0.05, 0.1) is 12.6 Å². The summed E-state index contributed by atoms with van der Waals surface area (Å²) in [5.41, 5.74) is 5.61. The number of carbonyl (C=O) groups is 1. The summed E-state index contributed by atoms with van der Waals surface area (Å²) in [6, 6.07) is 24.2. The molecular weight excluding hydrogens is 360 g/mol. The van der Waals surface area contributed by atoms with Gasteiger partial charge in [-0.05, 0) is 61.2 Å². The van der Waals surface area contributed by atoms with Crippen LogP contribution >= 0.6 is 0 Å². The van der Waals surface area contributed by atoms with E-state index in [9.17, 15) is 4.79 Å². The fourth-order valence-corrected chi connectivity index (χ4v) is 3.89. The lowest BCUT2D eigenvalue weighted by molar-refractivity contribution is 0.194. The van der Waals surface area contributed by atoms with Gasteiger partial charge in [-0.15, -0.1) is 0 Å². The molecule has 29 heavy (non-hydrogen) atoms. The number of hydrogen-bond donors (Lipinski definition) is 1. The van der Waals surface area contributed by atoms with Gasteiger partial charge < -0.3 is 15.0 Å². The van der Waals surface area contributed by atoms with Crippen molar-refractivity contribution in [3.63, 3.8) is 0 Å². The summed E-state index contributed by atoms with van der Waals surface area (Å²) in [5.74, 6) is 0.801. The van der Waals surface area contributed by atoms with E-state index in [1.807, 2.05) is 42.2 Å². The van der Waals surface area contributed by atoms with Crippen molar-refractivity contribution in [2.24, 2.45) is 0 Å². The van der Waals surface area contributed by atoms with Gasteiger partial charge >= 0.3 is 6.03 Å². The molecule has 0 aromatic heterocycles. The van der Waals surface area contributed by atoms with E-state index < -0.39 is 0 Å². The van der Waals surface area contributed by atoms with E-state index in [-0.39, 0.29) is 12.1 Å². The second kappa shape index (κ2) is 8.39. The molecule has 0 bridgehead atoms. The van der Waals surface area contributed by atoms with Crippen molar-refractivity contribution in [3.8, 4) is 5.75 Å². The number of ether oxygens (including phenoxy) is 1. The summed E-state index contributed by atoms with van der Waals surface area (Å²) in [4.78, 5) is 15.2. The van der Waals surface area contributed by atoms with E-state index in [0.29, 0.717) is 13.2 Å². The maximum absolute atomic E-state index is 13.2. The lowest BCUT2D eigenvalue weighted by Crippen LogP contribution is -2.43. The molecule has 4 rings (SSSR count). The number of carbonyl (C=O) groups excluding carboxylic acids is 1. The Labute approximate surface area is 172 Å². The molecule has 0 radical (unpaired) electrons. The predicted molar refractivity (Wildman–Crippen MR) is 117 cm³/mol. The Kier molecular flexibility index (Phi) is 5.52. The van der Waals surface area contributed by atoms with Crippen LogP contribution in [-0.2, 0) is 6.42 Å². The second-order valence-corrected chi connectivity index (χ2v) is 7.34. The number of urea groups is 1. The maximum atomic E-state index is 13.2. The highest BCUT2D eigenvalue weighted by atomic mass is 16.5. The van der Waals surface area contributed by atoms with Crippen molar-refractivity contribution >= 4 is 11.7 Å². The molecular formula is C25H26N2O2. The summed E-state index contributed by atoms with van der Waals surface area (Å²) in [6.07, 6.45) is 0.856. The van der Waals surface area contributed by atoms with Crippen molar-refractivity contribution in [1.82, 2.24) is 4.90 Å². The number of amides is 2. The number of nitrogens with one attached hydrogen (secondary N) is 1. The molecule has 4 nitrogen and oxygen atoms in total. The minimum Gasteiger partial charge on any atom is -0.494 e. The molecule has 1 aliphatic heterocycles. The highest BCUT2D eigenvalue weighted by Gasteiger charge is 2.31. The normalized spacial score (nSPS) is 15.5. The Morgan fingerprint density at radius 1 is 1.03 bits per heavy atom. The highest BCUT2D eigenvalue weighted by molar-refractivity contribution is 5.90. The molecule has 1 aliphatic rings. The van der Waals surface area contributed by atoms with Gasteiger partial charge in [0.1, 0.15) is 5.75 Å². The molecule has 3 aromatic rings. The molecule has 0 saturated carbocycles. The molecule has 4 heteroatoms. The first-order chi connectivity index (χ1) is 14.2. The summed E-state index contributed by atoms with van der Waals surface area (Å²) in [6.45, 7) is 5.33. The van der Waals surface area contributed by atoms with Gasteiger partial charge in [-0.25, -0.2) is 4.79 Å². The Bertz CT molecular complexity index is 980. The van der Waals surface area contributed by atoms with E-state index in [4.69, 9.17) is 4.74 Å². The summed E-state index contributed by atoms with van der Waals surface area (Å²) in [5, 5.41) is 3.05. The number of rotatable bonds is 4. The lowest BCUT2D eigenvalue weighted by atomic mass is 9.88. The molecule has 0 unspecified atom stereocenters. The van der Waals surface area contributed by atoms with Crippen LogP contribution in [-0.4, -0.2) is 24.1 Å². The fourth-order valence-electron chi connectivity index (χ4n) is 3.89. The first kappa shape index (κ1) is 19.1. The predicted octanol–water partition coefficient (Wildman–Crippen LogP) is 5.57. The van der Waals surface area contributed by atoms with Crippen LogP contribution in [0, 0.1) is 6.92 Å². The fraction of sp³-hybridized carbons (Fsp3) is 0.240. The molecule has 2 amide bonds. The van der Waals surface area contributed by atoms with E-state index in [2.05, 4.69) is 54.7 Å². The molecule has 1 atom stereocenters. The number of fused-ring (bicyclic) bond motifs is 1. The van der Waals surface area contributed by atoms with Gasteiger partial charge in [-0.2, -0.15) is 0 Å². The SMILES string of the molecule is CCOc1ccc(NC(=O)N2CCc3ccccc3[C@H]2c2ccc(C)cc2)cc1. The average molecular weight is 386 g/mol. The monoisotopic (exact) mass is 386 g/mol. The minimum absolute atomic E-state index is 0.0887. The topological polar surface area (TPSA) is 41.6 Å². The molecule has 1 heterocycles. The van der Waals surface area contributed by atoms with Gasteiger partial charge in [0.15, 0.2) is 0 Å². The zero-order chi connectivity index (χ0) is 20.2. The van der Waals surface area contributed by atoms with Gasteiger partial charge in [-0.3, -0.25) is 0 Å². The van der Waals surface area contributed by atoms with Crippen molar-refractivity contribution in [1.29, 1.82) is 0 Å². The zero-order valence-electron chi connectivity index (χ0n) is 16.9. The second-order valence-electron chi connectivity index (χ2n) is 7.34. The molecule has 0 spiro atoms. The van der Waals surface area contributed by atoms with Crippen molar-refractivity contribution in [2.75, 3.05) is 18.5 Å². The van der Waals surface area contributed by atoms with Crippen LogP contribution in [0.1, 0.15) is 35.2 Å². The summed E-state index contributed by atoms with van der Waals surface area (Å²) in [7, 11) is 0. The Hall–Kier alpha value is -3.27. The molecule has 0 saturated heterocycles. The summed E-state index contributed by atoms with van der Waals surface area (Å²) < 4.78 is 5.48. The molecule has 0 aliphatic carbocycles. The van der Waals surface area contributed by atoms with E-state index in [1.165, 1.54) is 16.7 Å². The van der Waals surface area contributed by atoms with Crippen molar-refractivity contribution < 1.29 is 9.53 Å². The van der Waals surface area contributed by atoms with Gasteiger partial charge in [0, 0.05) is 12.2 Å².